The van der Waals surface area contributed by atoms with Gasteiger partial charge in [-0.15, -0.1) is 0 Å². The Morgan fingerprint density at radius 1 is 0.0267 bits per heavy atom. The summed E-state index contributed by atoms with van der Waals surface area (Å²) in [7, 11) is -138. The quantitative estimate of drug-likeness (QED) is 0.100. The Bertz CT molecular complexity index is 1460. The maximum atomic E-state index is 7.33. The highest BCUT2D eigenvalue weighted by molar-refractivity contribution is 6.54. The molecule has 120 nitrogen and oxygen atoms in total. The van der Waals surface area contributed by atoms with Gasteiger partial charge in [0.1, 0.15) is 0 Å². The van der Waals surface area contributed by atoms with E-state index >= 15 is 0 Å². The van der Waals surface area contributed by atoms with Gasteiger partial charge in [-0.2, -0.15) is 0 Å². The molecule has 0 amide bonds. The molecular weight excluding hydrogens is 2760 g/mol. The topological polar surface area (TPSA) is 2430 Å². The van der Waals surface area contributed by atoms with Gasteiger partial charge in [-0.3, -0.25) is 0 Å². The third-order valence-corrected chi connectivity index (χ3v) is 0. The van der Waals surface area contributed by atoms with Crippen LogP contribution < -0.4 is 0 Å². The molecule has 0 aromatic carbocycles. The van der Waals surface area contributed by atoms with Gasteiger partial charge in [-0.1, -0.05) is 0 Å². The Labute approximate surface area is 843 Å². The van der Waals surface area contributed by atoms with Crippen molar-refractivity contribution in [3.05, 3.63) is 0 Å². The minimum absolute atomic E-state index is 4.61. The van der Waals surface area contributed by atoms with Crippen LogP contribution in [0.2, 0.25) is 0 Å². The maximum Gasteiger partial charge on any atom is 0.668 e. The van der Waals surface area contributed by atoms with E-state index in [1.165, 1.54) is 0 Å². The lowest BCUT2D eigenvalue weighted by molar-refractivity contribution is 0.115. The number of hydrogen-bond donors (Lipinski definition) is 120. The number of hydrogen-bond acceptors (Lipinski definition) is 120. The summed E-state index contributed by atoms with van der Waals surface area (Å²) in [6, 6.07) is 0. The van der Waals surface area contributed by atoms with E-state index in [2.05, 4.69) is 0 Å². The molecule has 0 radical (unpaired) electrons. The fraction of sp³-hybridized carbons (Fsp3) is 0. The fourth-order valence-electron chi connectivity index (χ4n) is 0. The van der Waals surface area contributed by atoms with Crippen molar-refractivity contribution in [3.8, 4) is 0 Å². The van der Waals surface area contributed by atoms with Crippen LogP contribution in [0.15, 0.2) is 0 Å². The highest BCUT2D eigenvalue weighted by Crippen LogP contribution is 1.80. The van der Waals surface area contributed by atoms with Crippen LogP contribution in [0, 0.1) is 0 Å². The van der Waals surface area contributed by atoms with Crippen LogP contribution in [0.4, 0.5) is 0 Å². The first kappa shape index (κ1) is 233. The van der Waals surface area contributed by atoms with E-state index in [-0.39, 0.29) is 0 Å². The Morgan fingerprint density at radius 2 is 0.0267 bits per heavy atom. The lowest BCUT2D eigenvalue weighted by Crippen LogP contribution is -2.33. The molecule has 150 heteroatoms. The third-order valence-electron chi connectivity index (χ3n) is 0. The van der Waals surface area contributed by atoms with Crippen molar-refractivity contribution >= 4 is 271 Å². The van der Waals surface area contributed by atoms with Crippen LogP contribution in [-0.2, 0) is 0 Å². The first-order chi connectivity index (χ1) is 60.0. The maximum absolute atomic E-state index is 7.33. The van der Waals surface area contributed by atoms with E-state index in [4.69, 9.17) is 575 Å². The van der Waals surface area contributed by atoms with Gasteiger partial charge in [0.05, 0.1) is 0 Å². The summed E-state index contributed by atoms with van der Waals surface area (Å²) in [6.07, 6.45) is 0. The summed E-state index contributed by atoms with van der Waals surface area (Å²) in [5.74, 6) is 0. The molecule has 0 spiro atoms. The monoisotopic (exact) mass is 2880 g/mol. The second kappa shape index (κ2) is 102. The molecule has 0 saturated heterocycles. The summed E-state index contributed by atoms with van der Waals surface area (Å²) in [5.41, 5.74) is 0. The van der Waals surface area contributed by atoms with Gasteiger partial charge < -0.3 is 575 Å². The predicted molar refractivity (Wildman–Crippen MR) is 439 cm³/mol. The molecule has 960 valence electrons. The van der Waals surface area contributed by atoms with Crippen molar-refractivity contribution in [1.29, 1.82) is 0 Å². The predicted octanol–water partition coefficient (Wildman–Crippen LogP) is -78.3. The Morgan fingerprint density at radius 3 is 0.0267 bits per heavy atom. The van der Waals surface area contributed by atoms with E-state index < -0.39 is 271 Å². The zero-order chi connectivity index (χ0) is 135. The average Bonchev–Trinajstić information content (AvgIpc) is 3.17. The molecule has 0 aliphatic carbocycles. The van der Waals surface area contributed by atoms with Crippen LogP contribution in [0.25, 0.3) is 0 Å². The molecule has 0 saturated carbocycles. The van der Waals surface area contributed by atoms with Crippen LogP contribution in [0.5, 0.6) is 0 Å². The van der Waals surface area contributed by atoms with E-state index in [1.807, 2.05) is 0 Å². The molecule has 0 aromatic rings. The average molecular weight is 2880 g/mol. The van der Waals surface area contributed by atoms with E-state index in [0.717, 1.165) is 0 Å². The molecule has 0 bridgehead atoms. The summed E-state index contributed by atoms with van der Waals surface area (Å²) < 4.78 is 0. The molecule has 0 aliphatic rings. The first-order valence-electron chi connectivity index (χ1n) is 26.8. The lowest BCUT2D eigenvalue weighted by Gasteiger charge is -1.91. The summed E-state index contributed by atoms with van der Waals surface area (Å²) in [6.45, 7) is 0. The molecule has 0 aromatic heterocycles. The van der Waals surface area contributed by atoms with Gasteiger partial charge in [0.15, 0.2) is 0 Å². The summed E-state index contributed by atoms with van der Waals surface area (Å²) in [5, 5.41) is 0. The third kappa shape index (κ3) is 1140000. The second-order valence-corrected chi connectivity index (χ2v) is 54.0. The summed E-state index contributed by atoms with van der Waals surface area (Å²) >= 11 is 0. The Balaban J connectivity index is -0.0000000355. The molecule has 0 atom stereocenters. The van der Waals surface area contributed by atoms with Crippen LogP contribution in [0.1, 0.15) is 0 Å². The lowest BCUT2D eigenvalue weighted by atomic mass is 15.7. The van der Waals surface area contributed by atoms with Crippen molar-refractivity contribution in [2.24, 2.45) is 0 Å². The highest BCUT2D eigenvalue weighted by atomic mass is 28.5. The molecular formula is H120O120Si30. The van der Waals surface area contributed by atoms with E-state index in [1.54, 1.807) is 0 Å². The van der Waals surface area contributed by atoms with Crippen molar-refractivity contribution in [3.63, 3.8) is 0 Å². The smallest absolute Gasteiger partial charge is 0.368 e. The normalized spacial score (nSPS) is 12.0. The van der Waals surface area contributed by atoms with E-state index in [0.29, 0.717) is 0 Å². The van der Waals surface area contributed by atoms with Gasteiger partial charge in [0.25, 0.3) is 0 Å². The highest BCUT2D eigenvalue weighted by Gasteiger charge is 2.34. The molecule has 150 heavy (non-hydrogen) atoms. The summed E-state index contributed by atoms with van der Waals surface area (Å²) in [4.78, 5) is 879. The molecule has 0 rings (SSSR count). The standard InChI is InChI=1S/30H4O4Si/c30*1-5(2,3)4/h30*1-4H. The van der Waals surface area contributed by atoms with Gasteiger partial charge in [-0.05, 0) is 0 Å². The van der Waals surface area contributed by atoms with Gasteiger partial charge in [0, 0.05) is 0 Å². The zero-order valence-electron chi connectivity index (χ0n) is 68.7. The molecule has 0 aliphatic heterocycles. The van der Waals surface area contributed by atoms with Crippen LogP contribution >= 0.6 is 0 Å². The Hall–Kier alpha value is 1.71. The van der Waals surface area contributed by atoms with Crippen molar-refractivity contribution in [2.75, 3.05) is 0 Å². The zero-order valence-corrected chi connectivity index (χ0v) is 98.7. The fourth-order valence-corrected chi connectivity index (χ4v) is 0. The van der Waals surface area contributed by atoms with Crippen molar-refractivity contribution in [2.45, 2.75) is 0 Å². The van der Waals surface area contributed by atoms with Crippen LogP contribution in [0.3, 0.4) is 0 Å². The molecule has 0 unspecified atom stereocenters. The van der Waals surface area contributed by atoms with Crippen LogP contribution in [-0.4, -0.2) is 847 Å². The van der Waals surface area contributed by atoms with Crippen molar-refractivity contribution < 1.29 is 575 Å². The molecule has 0 fully saturated rings. The molecule has 120 N–H and O–H groups in total. The van der Waals surface area contributed by atoms with Crippen molar-refractivity contribution in [1.82, 2.24) is 0 Å². The van der Waals surface area contributed by atoms with Gasteiger partial charge in [0.2, 0.25) is 0 Å². The largest absolute Gasteiger partial charge is 0.668 e. The minimum Gasteiger partial charge on any atom is -0.368 e. The van der Waals surface area contributed by atoms with E-state index in [9.17, 15) is 0 Å². The minimum atomic E-state index is -4.61. The first-order valence-corrected chi connectivity index (χ1v) is 80.5. The second-order valence-electron chi connectivity index (χ2n) is 18.0. The molecule has 0 heterocycles. The number of rotatable bonds is 0. The van der Waals surface area contributed by atoms with Gasteiger partial charge >= 0.3 is 271 Å². The Kier molecular flexibility index (Phi) is 159. The SMILES string of the molecule is O[Si](O)(O)O.O[Si](O)(O)O.O[Si](O)(O)O.O[Si](O)(O)O.O[Si](O)(O)O.O[Si](O)(O)O.O[Si](O)(O)O.O[Si](O)(O)O.O[Si](O)(O)O.O[Si](O)(O)O.O[Si](O)(O)O.O[Si](O)(O)O.O[Si](O)(O)O.O[Si](O)(O)O.O[Si](O)(O)O.O[Si](O)(O)O.O[Si](O)(O)O.O[Si](O)(O)O.O[Si](O)(O)O.O[Si](O)(O)O.O[Si](O)(O)O.O[Si](O)(O)O.O[Si](O)(O)O.O[Si](O)(O)O.O[Si](O)(O)O.O[Si](O)(O)O.O[Si](O)(O)O.O[Si](O)(O)O.O[Si](O)(O)O.O[Si](O)(O)O. The van der Waals surface area contributed by atoms with Gasteiger partial charge in [-0.25, -0.2) is 0 Å².